The fourth-order valence-electron chi connectivity index (χ4n) is 6.67. The predicted molar refractivity (Wildman–Crippen MR) is 214 cm³/mol. The molecule has 0 aliphatic carbocycles. The normalized spacial score (nSPS) is 19.2. The molecule has 14 nitrogen and oxygen atoms in total. The number of nitrogens with one attached hydrogen (secondary N) is 1. The number of ether oxygens (including phenoxy) is 4. The number of aliphatic hydroxyl groups excluding tert-OH is 1. The maximum absolute atomic E-state index is 14.2. The average molecular weight is 839 g/mol. The zero-order valence-electron chi connectivity index (χ0n) is 32.5. The highest BCUT2D eigenvalue weighted by molar-refractivity contribution is 7.89. The summed E-state index contributed by atoms with van der Waals surface area (Å²) in [6, 6.07) is 29.5. The van der Waals surface area contributed by atoms with Crippen molar-refractivity contribution in [3.63, 3.8) is 0 Å². The summed E-state index contributed by atoms with van der Waals surface area (Å²) in [7, 11) is -8.00. The van der Waals surface area contributed by atoms with Crippen molar-refractivity contribution in [1.29, 1.82) is 0 Å². The van der Waals surface area contributed by atoms with Crippen LogP contribution >= 0.6 is 7.60 Å². The van der Waals surface area contributed by atoms with Gasteiger partial charge in [-0.3, -0.25) is 4.57 Å². The van der Waals surface area contributed by atoms with E-state index in [0.717, 1.165) is 11.1 Å². The van der Waals surface area contributed by atoms with E-state index in [9.17, 15) is 28.0 Å². The van der Waals surface area contributed by atoms with Crippen molar-refractivity contribution in [3.8, 4) is 11.5 Å². The monoisotopic (exact) mass is 838 g/mol. The van der Waals surface area contributed by atoms with Crippen molar-refractivity contribution < 1.29 is 56.0 Å². The highest BCUT2D eigenvalue weighted by Gasteiger charge is 2.44. The Hall–Kier alpha value is -4.31. The van der Waals surface area contributed by atoms with Gasteiger partial charge in [0.2, 0.25) is 10.0 Å². The van der Waals surface area contributed by atoms with Crippen molar-refractivity contribution in [2.75, 3.05) is 32.7 Å². The number of aliphatic hydroxyl groups is 1. The van der Waals surface area contributed by atoms with E-state index in [0.29, 0.717) is 18.6 Å². The zero-order valence-corrected chi connectivity index (χ0v) is 34.2. The summed E-state index contributed by atoms with van der Waals surface area (Å²) in [5.74, 6) is 0.0688. The zero-order chi connectivity index (χ0) is 41.1. The Labute approximate surface area is 339 Å². The third-order valence-electron chi connectivity index (χ3n) is 9.76. The lowest BCUT2D eigenvalue weighted by molar-refractivity contribution is -0.0907. The second kappa shape index (κ2) is 20.1. The van der Waals surface area contributed by atoms with E-state index in [1.165, 1.54) is 40.7 Å². The first-order valence-corrected chi connectivity index (χ1v) is 22.4. The Balaban J connectivity index is 1.13. The van der Waals surface area contributed by atoms with Crippen LogP contribution in [0.25, 0.3) is 0 Å². The molecule has 16 heteroatoms. The summed E-state index contributed by atoms with van der Waals surface area (Å²) in [5.41, 5.74) is 2.29. The smallest absolute Gasteiger partial charge is 0.407 e. The molecule has 0 radical (unpaired) electrons. The number of phenolic OH excluding ortho intramolecular Hbond substituents is 1. The molecule has 0 spiro atoms. The lowest BCUT2D eigenvalue weighted by Gasteiger charge is -2.31. The number of amides is 1. The van der Waals surface area contributed by atoms with Gasteiger partial charge in [-0.2, -0.15) is 4.31 Å². The number of aromatic hydroxyl groups is 1. The topological polar surface area (TPSA) is 179 Å². The Bertz CT molecular complexity index is 2010. The van der Waals surface area contributed by atoms with E-state index in [1.807, 2.05) is 74.5 Å². The van der Waals surface area contributed by atoms with Crippen LogP contribution in [0.1, 0.15) is 37.0 Å². The van der Waals surface area contributed by atoms with Crippen LogP contribution in [0.2, 0.25) is 0 Å². The van der Waals surface area contributed by atoms with Crippen molar-refractivity contribution in [1.82, 2.24) is 9.62 Å². The highest BCUT2D eigenvalue weighted by Crippen LogP contribution is 2.50. The molecule has 2 aliphatic heterocycles. The van der Waals surface area contributed by atoms with Crippen LogP contribution in [0.5, 0.6) is 11.5 Å². The molecule has 2 saturated heterocycles. The number of carbonyl (C=O) groups excluding carboxylic acids is 1. The van der Waals surface area contributed by atoms with Crippen LogP contribution in [0, 0.1) is 11.8 Å². The summed E-state index contributed by atoms with van der Waals surface area (Å²) >= 11 is 0. The second-order valence-corrected chi connectivity index (χ2v) is 18.7. The van der Waals surface area contributed by atoms with Gasteiger partial charge in [-0.25, -0.2) is 13.2 Å². The number of carbonyl (C=O) groups is 1. The first-order valence-electron chi connectivity index (χ1n) is 19.2. The number of nitrogens with zero attached hydrogens (tertiary/aromatic N) is 1. The van der Waals surface area contributed by atoms with E-state index in [-0.39, 0.29) is 67.6 Å². The first-order chi connectivity index (χ1) is 27.9. The molecule has 2 heterocycles. The van der Waals surface area contributed by atoms with E-state index in [2.05, 4.69) is 5.32 Å². The number of benzene rings is 4. The maximum atomic E-state index is 14.2. The van der Waals surface area contributed by atoms with Crippen LogP contribution in [0.3, 0.4) is 0 Å². The van der Waals surface area contributed by atoms with E-state index in [4.69, 9.17) is 28.0 Å². The third-order valence-corrected chi connectivity index (χ3v) is 13.1. The number of hydrogen-bond donors (Lipinski definition) is 3. The number of alkyl carbamates (subject to hydrolysis) is 1. The fourth-order valence-corrected chi connectivity index (χ4v) is 9.51. The summed E-state index contributed by atoms with van der Waals surface area (Å²) < 4.78 is 77.7. The van der Waals surface area contributed by atoms with Gasteiger partial charge in [0.25, 0.3) is 0 Å². The molecule has 4 aromatic carbocycles. The van der Waals surface area contributed by atoms with E-state index < -0.39 is 54.6 Å². The summed E-state index contributed by atoms with van der Waals surface area (Å²) in [6.07, 6.45) is -2.73. The molecular formula is C42H51N2O12PS. The molecule has 1 amide bonds. The van der Waals surface area contributed by atoms with Gasteiger partial charge in [0, 0.05) is 13.1 Å². The van der Waals surface area contributed by atoms with Crippen molar-refractivity contribution in [2.24, 2.45) is 11.8 Å². The number of sulfonamides is 1. The minimum Gasteiger partial charge on any atom is -0.508 e. The van der Waals surface area contributed by atoms with Gasteiger partial charge >= 0.3 is 13.7 Å². The minimum atomic E-state index is -4.19. The van der Waals surface area contributed by atoms with E-state index >= 15 is 0 Å². The summed E-state index contributed by atoms with van der Waals surface area (Å²) in [5, 5.41) is 24.2. The van der Waals surface area contributed by atoms with Gasteiger partial charge in [0.05, 0.1) is 49.4 Å². The van der Waals surface area contributed by atoms with Gasteiger partial charge in [-0.05, 0) is 71.8 Å². The lowest BCUT2D eigenvalue weighted by Crippen LogP contribution is -2.51. The molecule has 4 aromatic rings. The number of phenols is 1. The van der Waals surface area contributed by atoms with Crippen LogP contribution in [0.4, 0.5) is 4.79 Å². The van der Waals surface area contributed by atoms with Crippen LogP contribution < -0.4 is 10.1 Å². The molecule has 2 aliphatic rings. The van der Waals surface area contributed by atoms with Gasteiger partial charge in [0.15, 0.2) is 12.6 Å². The molecule has 312 valence electrons. The molecule has 2 fully saturated rings. The van der Waals surface area contributed by atoms with Crippen LogP contribution in [-0.2, 0) is 57.5 Å². The fraction of sp³-hybridized carbons (Fsp3) is 0.405. The Kier molecular flexibility index (Phi) is 15.0. The Morgan fingerprint density at radius 2 is 1.48 bits per heavy atom. The van der Waals surface area contributed by atoms with Crippen LogP contribution in [-0.4, -0.2) is 86.2 Å². The number of rotatable bonds is 20. The molecule has 5 atom stereocenters. The van der Waals surface area contributed by atoms with Crippen molar-refractivity contribution >= 4 is 23.7 Å². The largest absolute Gasteiger partial charge is 0.508 e. The maximum Gasteiger partial charge on any atom is 0.407 e. The first kappa shape index (κ1) is 43.3. The highest BCUT2D eigenvalue weighted by atomic mass is 32.2. The van der Waals surface area contributed by atoms with E-state index in [1.54, 1.807) is 12.1 Å². The Morgan fingerprint density at radius 3 is 2.09 bits per heavy atom. The lowest BCUT2D eigenvalue weighted by atomic mass is 10.0. The molecule has 0 bridgehead atoms. The van der Waals surface area contributed by atoms with Gasteiger partial charge in [-0.1, -0.05) is 86.6 Å². The molecule has 3 N–H and O–H groups in total. The summed E-state index contributed by atoms with van der Waals surface area (Å²) in [4.78, 5) is 13.2. The Morgan fingerprint density at radius 1 is 0.862 bits per heavy atom. The quantitative estimate of drug-likeness (QED) is 0.0829. The molecule has 0 aromatic heterocycles. The molecular weight excluding hydrogens is 788 g/mol. The second-order valence-electron chi connectivity index (χ2n) is 14.7. The number of fused-ring (bicyclic) bond motifs is 1. The molecule has 0 saturated carbocycles. The molecule has 1 unspecified atom stereocenters. The van der Waals surface area contributed by atoms with Gasteiger partial charge < -0.3 is 43.5 Å². The average Bonchev–Trinajstić information content (AvgIpc) is 3.85. The van der Waals surface area contributed by atoms with Crippen molar-refractivity contribution in [2.45, 2.75) is 69.3 Å². The van der Waals surface area contributed by atoms with Gasteiger partial charge in [-0.15, -0.1) is 0 Å². The van der Waals surface area contributed by atoms with Gasteiger partial charge in [0.1, 0.15) is 17.6 Å². The summed E-state index contributed by atoms with van der Waals surface area (Å²) in [6.45, 7) is 4.18. The molecule has 58 heavy (non-hydrogen) atoms. The molecule has 6 rings (SSSR count). The predicted octanol–water partition coefficient (Wildman–Crippen LogP) is 6.46. The number of hydrogen-bond acceptors (Lipinski definition) is 12. The minimum absolute atomic E-state index is 0.0310. The SMILES string of the molecule is CC(C)CN(C[C@@H](O)[C@H](Cc1ccc(O)cc1)NC(=O)OC1CO[C@H]2OCC[C@@H]12)S(=O)(=O)c1ccc(OCP(=O)(OCc2ccccc2)OCc2ccccc2)cc1. The standard InChI is InChI=1S/C42H51N2O12PS/c1-30(2)24-44(25-39(46)38(23-31-13-15-34(45)16-14-31)43-42(47)56-40-28-52-41-37(40)21-22-51-41)58(49,50)36-19-17-35(18-20-36)53-29-57(48,54-26-32-9-5-3-6-10-32)55-27-33-11-7-4-8-12-33/h3-20,30,37-41,45-46H,21-29H2,1-2H3,(H,43,47)/t37-,38-,39+,40?,41+/m0/s1. The third kappa shape index (κ3) is 12.1. The van der Waals surface area contributed by atoms with Crippen molar-refractivity contribution in [3.05, 3.63) is 126 Å². The van der Waals surface area contributed by atoms with Crippen LogP contribution in [0.15, 0.2) is 114 Å².